The van der Waals surface area contributed by atoms with Gasteiger partial charge in [-0.05, 0) is 88.0 Å². The van der Waals surface area contributed by atoms with E-state index < -0.39 is 0 Å². The van der Waals surface area contributed by atoms with E-state index in [2.05, 4.69) is 202 Å². The summed E-state index contributed by atoms with van der Waals surface area (Å²) in [6.45, 7) is 8.92. The molecule has 10 aromatic rings. The molecule has 3 nitrogen and oxygen atoms in total. The first-order valence-electron chi connectivity index (χ1n) is 21.6. The smallest absolute Gasteiger partial charge is 0.260 e. The van der Waals surface area contributed by atoms with Crippen molar-refractivity contribution in [1.29, 1.82) is 0 Å². The highest BCUT2D eigenvalue weighted by Gasteiger charge is 2.43. The molecule has 8 aromatic carbocycles. The van der Waals surface area contributed by atoms with Gasteiger partial charge >= 0.3 is 0 Å². The maximum absolute atomic E-state index is 7.16. The fourth-order valence-electron chi connectivity index (χ4n) is 11.1. The standard InChI is InChI=1S/C57H40BNO2S/c1-5-16-33(6-2)35-25-27-42-45(29-35)60-47-31-37(32-48-54(47)58(42)43-28-26-36(30-46(43)61-48)34-17-8-7-9-18-34)59-44-23-14-11-20-39(44)50-53-51(38-19-10-13-22-41(38)57(53,3)4)56-52(55(50)59)40-21-12-15-24-49(40)62-56/h5-32H,1-4H3/b16-5-,33-6+. The highest BCUT2D eigenvalue weighted by molar-refractivity contribution is 7.26. The predicted molar refractivity (Wildman–Crippen MR) is 263 cm³/mol. The van der Waals surface area contributed by atoms with E-state index in [9.17, 15) is 0 Å². The summed E-state index contributed by atoms with van der Waals surface area (Å²) >= 11 is 1.92. The largest absolute Gasteiger partial charge is 0.458 e. The van der Waals surface area contributed by atoms with Crippen LogP contribution in [0.3, 0.4) is 0 Å². The van der Waals surface area contributed by atoms with Gasteiger partial charge in [0, 0.05) is 59.5 Å². The lowest BCUT2D eigenvalue weighted by molar-refractivity contribution is 0.464. The summed E-state index contributed by atoms with van der Waals surface area (Å²) in [5.41, 5.74) is 16.6. The molecule has 0 unspecified atom stereocenters. The summed E-state index contributed by atoms with van der Waals surface area (Å²) in [6.07, 6.45) is 6.42. The molecule has 0 amide bonds. The van der Waals surface area contributed by atoms with Crippen molar-refractivity contribution in [1.82, 2.24) is 4.57 Å². The molecule has 2 aliphatic heterocycles. The Hall–Kier alpha value is -7.08. The van der Waals surface area contributed by atoms with Gasteiger partial charge in [0.1, 0.15) is 23.0 Å². The number of benzene rings is 8. The van der Waals surface area contributed by atoms with Crippen LogP contribution in [0.2, 0.25) is 0 Å². The van der Waals surface area contributed by atoms with Crippen LogP contribution in [0, 0.1) is 0 Å². The van der Waals surface area contributed by atoms with Gasteiger partial charge in [-0.2, -0.15) is 0 Å². The molecule has 0 saturated carbocycles. The topological polar surface area (TPSA) is 23.4 Å². The van der Waals surface area contributed by atoms with E-state index in [0.29, 0.717) is 0 Å². The maximum Gasteiger partial charge on any atom is 0.260 e. The van der Waals surface area contributed by atoms with E-state index in [-0.39, 0.29) is 12.1 Å². The Bertz CT molecular complexity index is 3640. The Balaban J connectivity index is 1.13. The van der Waals surface area contributed by atoms with Crippen LogP contribution in [0.1, 0.15) is 44.4 Å². The van der Waals surface area contributed by atoms with Crippen LogP contribution in [0.15, 0.2) is 170 Å². The Morgan fingerprint density at radius 3 is 2.13 bits per heavy atom. The van der Waals surface area contributed by atoms with Crippen molar-refractivity contribution < 1.29 is 9.47 Å². The first kappa shape index (κ1) is 35.7. The van der Waals surface area contributed by atoms with E-state index in [1.54, 1.807) is 0 Å². The van der Waals surface area contributed by atoms with Gasteiger partial charge in [0.2, 0.25) is 0 Å². The van der Waals surface area contributed by atoms with Gasteiger partial charge < -0.3 is 14.0 Å². The molecule has 0 bridgehead atoms. The fourth-order valence-corrected chi connectivity index (χ4v) is 12.4. The quantitative estimate of drug-likeness (QED) is 0.131. The van der Waals surface area contributed by atoms with E-state index >= 15 is 0 Å². The molecule has 0 atom stereocenters. The molecule has 0 fully saturated rings. The summed E-state index contributed by atoms with van der Waals surface area (Å²) in [5.74, 6) is 3.39. The zero-order valence-electron chi connectivity index (χ0n) is 34.9. The van der Waals surface area contributed by atoms with Gasteiger partial charge in [0.15, 0.2) is 0 Å². The minimum absolute atomic E-state index is 0.0653. The summed E-state index contributed by atoms with van der Waals surface area (Å²) in [6, 6.07) is 55.5. The number of fused-ring (bicyclic) bond motifs is 16. The Labute approximate surface area is 364 Å². The molecule has 4 heterocycles. The SMILES string of the molecule is C/C=C\C(=C/C)c1ccc2c(c1)Oc1cc(-n3c4ccccc4c4c5c(c6sc7ccccc7c6c43)-c3ccccc3C5(C)C)cc3c1B2c1ccc(-c2ccccc2)cc1O3. The summed E-state index contributed by atoms with van der Waals surface area (Å²) < 4.78 is 19.5. The number of para-hydroxylation sites is 1. The monoisotopic (exact) mass is 813 g/mol. The maximum atomic E-state index is 7.16. The number of aromatic nitrogens is 1. The summed E-state index contributed by atoms with van der Waals surface area (Å²) in [4.78, 5) is 0. The molecule has 1 aliphatic carbocycles. The third kappa shape index (κ3) is 4.77. The minimum atomic E-state index is -0.217. The third-order valence-corrected chi connectivity index (χ3v) is 14.9. The molecule has 0 radical (unpaired) electrons. The molecule has 2 aromatic heterocycles. The van der Waals surface area contributed by atoms with E-state index in [0.717, 1.165) is 72.9 Å². The fraction of sp³-hybridized carbons (Fsp3) is 0.0877. The van der Waals surface area contributed by atoms with E-state index in [1.165, 1.54) is 58.7 Å². The van der Waals surface area contributed by atoms with Gasteiger partial charge in [-0.1, -0.05) is 147 Å². The first-order chi connectivity index (χ1) is 30.4. The Morgan fingerprint density at radius 2 is 1.34 bits per heavy atom. The first-order valence-corrected chi connectivity index (χ1v) is 22.4. The van der Waals surface area contributed by atoms with Crippen LogP contribution in [0.4, 0.5) is 0 Å². The van der Waals surface area contributed by atoms with E-state index in [1.807, 2.05) is 11.3 Å². The third-order valence-electron chi connectivity index (χ3n) is 13.8. The molecular formula is C57H40BNO2S. The lowest BCUT2D eigenvalue weighted by Crippen LogP contribution is -2.57. The number of allylic oxidation sites excluding steroid dienone is 4. The number of rotatable bonds is 4. The molecule has 0 N–H and O–H groups in total. The molecular weight excluding hydrogens is 774 g/mol. The van der Waals surface area contributed by atoms with Crippen LogP contribution in [0.5, 0.6) is 23.0 Å². The van der Waals surface area contributed by atoms with Crippen LogP contribution in [0.25, 0.3) is 75.5 Å². The number of hydrogen-bond acceptors (Lipinski definition) is 3. The van der Waals surface area contributed by atoms with Crippen LogP contribution < -0.4 is 25.9 Å². The molecule has 5 heteroatoms. The number of thiophene rings is 1. The second-order valence-electron chi connectivity index (χ2n) is 17.4. The van der Waals surface area contributed by atoms with Crippen molar-refractivity contribution in [3.63, 3.8) is 0 Å². The summed E-state index contributed by atoms with van der Waals surface area (Å²) in [7, 11) is 0. The van der Waals surface area contributed by atoms with Gasteiger partial charge in [-0.15, -0.1) is 11.3 Å². The van der Waals surface area contributed by atoms with Crippen LogP contribution >= 0.6 is 11.3 Å². The van der Waals surface area contributed by atoms with Gasteiger partial charge in [0.05, 0.1) is 16.7 Å². The Kier molecular flexibility index (Phi) is 7.46. The highest BCUT2D eigenvalue weighted by Crippen LogP contribution is 2.59. The van der Waals surface area contributed by atoms with Crippen molar-refractivity contribution in [2.75, 3.05) is 0 Å². The Morgan fingerprint density at radius 1 is 0.645 bits per heavy atom. The average Bonchev–Trinajstić information content (AvgIpc) is 3.93. The molecule has 0 spiro atoms. The molecule has 0 saturated heterocycles. The van der Waals surface area contributed by atoms with Crippen LogP contribution in [-0.2, 0) is 5.41 Å². The second-order valence-corrected chi connectivity index (χ2v) is 18.5. The molecule has 13 rings (SSSR count). The number of nitrogens with zero attached hydrogens (tertiary/aromatic N) is 1. The molecule has 3 aliphatic rings. The molecule has 62 heavy (non-hydrogen) atoms. The minimum Gasteiger partial charge on any atom is -0.458 e. The zero-order valence-corrected chi connectivity index (χ0v) is 35.7. The van der Waals surface area contributed by atoms with Crippen molar-refractivity contribution in [3.05, 3.63) is 187 Å². The normalized spacial score (nSPS) is 14.5. The zero-order chi connectivity index (χ0) is 41.4. The summed E-state index contributed by atoms with van der Waals surface area (Å²) in [5, 5.41) is 5.14. The predicted octanol–water partition coefficient (Wildman–Crippen LogP) is 13.8. The van der Waals surface area contributed by atoms with E-state index in [4.69, 9.17) is 9.47 Å². The van der Waals surface area contributed by atoms with Crippen molar-refractivity contribution >= 4 is 82.0 Å². The van der Waals surface area contributed by atoms with Gasteiger partial charge in [-0.3, -0.25) is 0 Å². The number of hydrogen-bond donors (Lipinski definition) is 0. The number of ether oxygens (including phenoxy) is 2. The highest BCUT2D eigenvalue weighted by atomic mass is 32.1. The van der Waals surface area contributed by atoms with Gasteiger partial charge in [0.25, 0.3) is 6.71 Å². The lowest BCUT2D eigenvalue weighted by Gasteiger charge is -2.34. The second kappa shape index (κ2) is 13.0. The lowest BCUT2D eigenvalue weighted by atomic mass is 9.34. The van der Waals surface area contributed by atoms with Crippen molar-refractivity contribution in [3.8, 4) is 50.9 Å². The van der Waals surface area contributed by atoms with Crippen molar-refractivity contribution in [2.45, 2.75) is 33.1 Å². The molecule has 294 valence electrons. The van der Waals surface area contributed by atoms with Gasteiger partial charge in [-0.25, -0.2) is 0 Å². The van der Waals surface area contributed by atoms with Crippen LogP contribution in [-0.4, -0.2) is 11.3 Å². The van der Waals surface area contributed by atoms with Crippen molar-refractivity contribution in [2.24, 2.45) is 0 Å². The average molecular weight is 814 g/mol.